The summed E-state index contributed by atoms with van der Waals surface area (Å²) in [6.07, 6.45) is 3.65. The lowest BCUT2D eigenvalue weighted by Crippen LogP contribution is -2.01. The lowest BCUT2D eigenvalue weighted by atomic mass is 9.96. The number of benzene rings is 1. The first-order valence-corrected chi connectivity index (χ1v) is 5.59. The molecule has 0 bridgehead atoms. The van der Waals surface area contributed by atoms with Gasteiger partial charge in [0.25, 0.3) is 0 Å². The van der Waals surface area contributed by atoms with Crippen molar-refractivity contribution in [2.45, 2.75) is 18.3 Å². The van der Waals surface area contributed by atoms with Crippen molar-refractivity contribution < 1.29 is 4.39 Å². The summed E-state index contributed by atoms with van der Waals surface area (Å²) in [6, 6.07) is 7.61. The van der Waals surface area contributed by atoms with Crippen LogP contribution in [0.4, 0.5) is 4.39 Å². The maximum atomic E-state index is 12.8. The predicted octanol–water partition coefficient (Wildman–Crippen LogP) is 4.58. The molecule has 2 rings (SSSR count). The fourth-order valence-corrected chi connectivity index (χ4v) is 2.21. The van der Waals surface area contributed by atoms with Crippen LogP contribution in [0.5, 0.6) is 0 Å². The average molecular weight is 276 g/mol. The molecule has 1 aromatic carbocycles. The molecular weight excluding hydrogens is 266 g/mol. The molecule has 1 aliphatic rings. The van der Waals surface area contributed by atoms with E-state index in [1.54, 1.807) is 6.08 Å². The Morgan fingerprint density at radius 3 is 2.36 bits per heavy atom. The van der Waals surface area contributed by atoms with Gasteiger partial charge in [-0.1, -0.05) is 23.7 Å². The zero-order chi connectivity index (χ0) is 10.2. The van der Waals surface area contributed by atoms with Crippen LogP contribution in [0, 0.1) is 0 Å². The second kappa shape index (κ2) is 3.67. The molecule has 1 aliphatic carbocycles. The van der Waals surface area contributed by atoms with Gasteiger partial charge < -0.3 is 0 Å². The number of allylic oxidation sites excluding steroid dienone is 1. The Kier molecular flexibility index (Phi) is 2.67. The highest BCUT2D eigenvalue weighted by Gasteiger charge is 2.42. The second-order valence-electron chi connectivity index (χ2n) is 3.60. The van der Waals surface area contributed by atoms with Crippen molar-refractivity contribution in [3.05, 3.63) is 45.7 Å². The minimum absolute atomic E-state index is 0.0851. The molecule has 0 heterocycles. The van der Waals surface area contributed by atoms with Gasteiger partial charge in [-0.05, 0) is 52.5 Å². The third-order valence-corrected chi connectivity index (χ3v) is 3.07. The standard InChI is InChI=1S/C11H9BrClF/c12-10(14)7-11(5-6-11)8-1-3-9(13)4-2-8/h1-4,7H,5-6H2/b10-7-. The number of rotatable bonds is 2. The summed E-state index contributed by atoms with van der Waals surface area (Å²) in [5.41, 5.74) is 1.05. The predicted molar refractivity (Wildman–Crippen MR) is 60.5 cm³/mol. The van der Waals surface area contributed by atoms with E-state index in [1.165, 1.54) is 0 Å². The minimum Gasteiger partial charge on any atom is -0.199 e. The van der Waals surface area contributed by atoms with E-state index in [4.69, 9.17) is 11.6 Å². The molecule has 0 aliphatic heterocycles. The largest absolute Gasteiger partial charge is 0.199 e. The molecule has 0 saturated heterocycles. The van der Waals surface area contributed by atoms with E-state index in [1.807, 2.05) is 24.3 Å². The first kappa shape index (κ1) is 10.2. The van der Waals surface area contributed by atoms with Gasteiger partial charge in [0, 0.05) is 10.4 Å². The zero-order valence-corrected chi connectivity index (χ0v) is 9.78. The van der Waals surface area contributed by atoms with Gasteiger partial charge in [0.15, 0.2) is 4.74 Å². The van der Waals surface area contributed by atoms with Crippen LogP contribution in [0.1, 0.15) is 18.4 Å². The molecule has 0 aromatic heterocycles. The van der Waals surface area contributed by atoms with Crippen LogP contribution < -0.4 is 0 Å². The Morgan fingerprint density at radius 2 is 1.93 bits per heavy atom. The van der Waals surface area contributed by atoms with E-state index in [9.17, 15) is 4.39 Å². The summed E-state index contributed by atoms with van der Waals surface area (Å²) in [5.74, 6) is 0. The van der Waals surface area contributed by atoms with Crippen LogP contribution in [-0.2, 0) is 5.41 Å². The smallest absolute Gasteiger partial charge is 0.162 e. The average Bonchev–Trinajstić information content (AvgIpc) is 2.85. The van der Waals surface area contributed by atoms with Gasteiger partial charge >= 0.3 is 0 Å². The molecule has 74 valence electrons. The Balaban J connectivity index is 2.31. The maximum Gasteiger partial charge on any atom is 0.162 e. The molecule has 0 atom stereocenters. The fraction of sp³-hybridized carbons (Fsp3) is 0.273. The second-order valence-corrected chi connectivity index (χ2v) is 4.79. The van der Waals surface area contributed by atoms with E-state index >= 15 is 0 Å². The molecule has 0 radical (unpaired) electrons. The van der Waals surface area contributed by atoms with Gasteiger partial charge in [0.05, 0.1) is 0 Å². The number of halogens is 3. The normalized spacial score (nSPS) is 19.5. The molecular formula is C11H9BrClF. The monoisotopic (exact) mass is 274 g/mol. The topological polar surface area (TPSA) is 0 Å². The van der Waals surface area contributed by atoms with Crippen molar-refractivity contribution in [1.29, 1.82) is 0 Å². The van der Waals surface area contributed by atoms with E-state index in [0.29, 0.717) is 5.02 Å². The Hall–Kier alpha value is -0.340. The zero-order valence-electron chi connectivity index (χ0n) is 7.43. The SMILES string of the molecule is F/C(Br)=C\C1(c2ccc(Cl)cc2)CC1. The lowest BCUT2D eigenvalue weighted by molar-refractivity contribution is 0.686. The Labute approximate surface area is 95.9 Å². The van der Waals surface area contributed by atoms with Gasteiger partial charge in [0.1, 0.15) is 0 Å². The maximum absolute atomic E-state index is 12.8. The van der Waals surface area contributed by atoms with Crippen LogP contribution in [0.2, 0.25) is 5.02 Å². The molecule has 0 spiro atoms. The molecule has 0 amide bonds. The summed E-state index contributed by atoms with van der Waals surface area (Å²) in [7, 11) is 0. The molecule has 1 fully saturated rings. The van der Waals surface area contributed by atoms with Crippen LogP contribution in [-0.4, -0.2) is 0 Å². The van der Waals surface area contributed by atoms with E-state index < -0.39 is 0 Å². The van der Waals surface area contributed by atoms with Crippen molar-refractivity contribution in [2.75, 3.05) is 0 Å². The highest BCUT2D eigenvalue weighted by molar-refractivity contribution is 9.11. The first-order valence-electron chi connectivity index (χ1n) is 4.42. The van der Waals surface area contributed by atoms with Gasteiger partial charge in [-0.25, -0.2) is 0 Å². The minimum atomic E-state index is -0.287. The third kappa shape index (κ3) is 2.01. The molecule has 0 nitrogen and oxygen atoms in total. The summed E-state index contributed by atoms with van der Waals surface area (Å²) >= 11 is 8.62. The van der Waals surface area contributed by atoms with Crippen molar-refractivity contribution in [1.82, 2.24) is 0 Å². The van der Waals surface area contributed by atoms with Crippen molar-refractivity contribution in [3.63, 3.8) is 0 Å². The van der Waals surface area contributed by atoms with E-state index in [0.717, 1.165) is 18.4 Å². The molecule has 1 saturated carbocycles. The molecule has 0 N–H and O–H groups in total. The van der Waals surface area contributed by atoms with E-state index in [2.05, 4.69) is 15.9 Å². The number of hydrogen-bond donors (Lipinski definition) is 0. The van der Waals surface area contributed by atoms with Crippen LogP contribution in [0.3, 0.4) is 0 Å². The highest BCUT2D eigenvalue weighted by Crippen LogP contribution is 2.50. The Morgan fingerprint density at radius 1 is 1.36 bits per heavy atom. The highest BCUT2D eigenvalue weighted by atomic mass is 79.9. The summed E-state index contributed by atoms with van der Waals surface area (Å²) < 4.78 is 12.5. The van der Waals surface area contributed by atoms with Gasteiger partial charge in [-0.15, -0.1) is 0 Å². The van der Waals surface area contributed by atoms with Gasteiger partial charge in [-0.3, -0.25) is 0 Å². The lowest BCUT2D eigenvalue weighted by Gasteiger charge is -2.09. The molecule has 0 unspecified atom stereocenters. The van der Waals surface area contributed by atoms with Crippen molar-refractivity contribution in [2.24, 2.45) is 0 Å². The van der Waals surface area contributed by atoms with E-state index in [-0.39, 0.29) is 10.2 Å². The van der Waals surface area contributed by atoms with Gasteiger partial charge in [-0.2, -0.15) is 4.39 Å². The summed E-state index contributed by atoms with van der Waals surface area (Å²) in [5, 5.41) is 0.716. The van der Waals surface area contributed by atoms with Crippen LogP contribution in [0.15, 0.2) is 35.1 Å². The first-order chi connectivity index (χ1) is 6.62. The molecule has 14 heavy (non-hydrogen) atoms. The van der Waals surface area contributed by atoms with Crippen molar-refractivity contribution in [3.8, 4) is 0 Å². The fourth-order valence-electron chi connectivity index (χ4n) is 1.64. The molecule has 1 aromatic rings. The quantitative estimate of drug-likeness (QED) is 0.741. The molecule has 3 heteroatoms. The summed E-state index contributed by atoms with van der Waals surface area (Å²) in [6.45, 7) is 0. The van der Waals surface area contributed by atoms with Crippen molar-refractivity contribution >= 4 is 27.5 Å². The van der Waals surface area contributed by atoms with Crippen LogP contribution in [0.25, 0.3) is 0 Å². The number of hydrogen-bond acceptors (Lipinski definition) is 0. The van der Waals surface area contributed by atoms with Crippen LogP contribution >= 0.6 is 27.5 Å². The Bertz CT molecular complexity index is 361. The van der Waals surface area contributed by atoms with Gasteiger partial charge in [0.2, 0.25) is 0 Å². The summed E-state index contributed by atoms with van der Waals surface area (Å²) in [4.78, 5) is 0. The third-order valence-electron chi connectivity index (χ3n) is 2.59.